The summed E-state index contributed by atoms with van der Waals surface area (Å²) < 4.78 is 0. The maximum Gasteiger partial charge on any atom is 0.268 e. The Labute approximate surface area is 86.3 Å². The molecule has 3 N–H and O–H groups in total. The van der Waals surface area contributed by atoms with Gasteiger partial charge in [-0.05, 0) is 18.9 Å². The first kappa shape index (κ1) is 9.55. The number of aliphatic hydroxyl groups is 1. The van der Waals surface area contributed by atoms with Crippen molar-refractivity contribution in [2.24, 2.45) is 0 Å². The second-order valence-electron chi connectivity index (χ2n) is 3.62. The first-order valence-electron chi connectivity index (χ1n) is 4.42. The molecule has 2 rings (SSSR count). The van der Waals surface area contributed by atoms with Gasteiger partial charge in [0, 0.05) is 6.20 Å². The summed E-state index contributed by atoms with van der Waals surface area (Å²) in [7, 11) is 0. The lowest BCUT2D eigenvalue weighted by Gasteiger charge is -2.12. The molecule has 76 valence electrons. The predicted molar refractivity (Wildman–Crippen MR) is 52.3 cm³/mol. The smallest absolute Gasteiger partial charge is 0.268 e. The molecule has 0 atom stereocenters. The molecule has 0 aromatic carbocycles. The van der Waals surface area contributed by atoms with Crippen LogP contribution in [0.1, 0.15) is 23.3 Å². The van der Waals surface area contributed by atoms with E-state index in [-0.39, 0.29) is 18.1 Å². The molecule has 0 bridgehead atoms. The number of hydrogen-bond donors (Lipinski definition) is 3. The van der Waals surface area contributed by atoms with Gasteiger partial charge in [-0.25, -0.2) is 0 Å². The van der Waals surface area contributed by atoms with Crippen LogP contribution in [-0.2, 0) is 0 Å². The molecule has 1 heterocycles. The van der Waals surface area contributed by atoms with E-state index in [1.54, 1.807) is 12.3 Å². The molecule has 0 aliphatic heterocycles. The van der Waals surface area contributed by atoms with E-state index in [9.17, 15) is 4.79 Å². The fourth-order valence-corrected chi connectivity index (χ4v) is 1.44. The van der Waals surface area contributed by atoms with Gasteiger partial charge in [-0.3, -0.25) is 4.79 Å². The van der Waals surface area contributed by atoms with E-state index in [1.807, 2.05) is 0 Å². The van der Waals surface area contributed by atoms with Crippen LogP contribution >= 0.6 is 11.6 Å². The lowest BCUT2D eigenvalue weighted by molar-refractivity contribution is 0.0902. The van der Waals surface area contributed by atoms with Gasteiger partial charge in [-0.1, -0.05) is 11.6 Å². The maximum absolute atomic E-state index is 11.6. The number of H-pyrrole nitrogens is 1. The molecule has 5 heteroatoms. The van der Waals surface area contributed by atoms with Crippen LogP contribution in [-0.4, -0.2) is 28.1 Å². The zero-order valence-electron chi connectivity index (χ0n) is 7.51. The molecule has 4 nitrogen and oxygen atoms in total. The number of aliphatic hydroxyl groups excluding tert-OH is 1. The number of amides is 1. The van der Waals surface area contributed by atoms with Gasteiger partial charge in [0.15, 0.2) is 0 Å². The zero-order chi connectivity index (χ0) is 10.2. The molecule has 1 aromatic heterocycles. The first-order chi connectivity index (χ1) is 6.65. The third-order valence-corrected chi connectivity index (χ3v) is 2.65. The molecule has 1 amide bonds. The average Bonchev–Trinajstić information content (AvgIpc) is 2.80. The lowest BCUT2D eigenvalue weighted by atomic mass is 10.2. The van der Waals surface area contributed by atoms with Crippen LogP contribution in [0, 0.1) is 0 Å². The number of halogens is 1. The summed E-state index contributed by atoms with van der Waals surface area (Å²) >= 11 is 5.66. The highest BCUT2D eigenvalue weighted by Crippen LogP contribution is 2.34. The first-order valence-corrected chi connectivity index (χ1v) is 4.80. The molecular weight excluding hydrogens is 204 g/mol. The van der Waals surface area contributed by atoms with Crippen LogP contribution in [0.5, 0.6) is 0 Å². The van der Waals surface area contributed by atoms with Crippen molar-refractivity contribution in [3.63, 3.8) is 0 Å². The van der Waals surface area contributed by atoms with Gasteiger partial charge in [0.25, 0.3) is 5.91 Å². The average molecular weight is 215 g/mol. The van der Waals surface area contributed by atoms with E-state index in [1.165, 1.54) is 0 Å². The summed E-state index contributed by atoms with van der Waals surface area (Å²) in [5.41, 5.74) is 0.0454. The molecule has 1 aliphatic carbocycles. The summed E-state index contributed by atoms with van der Waals surface area (Å²) in [5.74, 6) is -0.219. The monoisotopic (exact) mass is 214 g/mol. The highest BCUT2D eigenvalue weighted by Gasteiger charge is 2.43. The Morgan fingerprint density at radius 2 is 2.43 bits per heavy atom. The SMILES string of the molecule is O=C(NC1(CO)CC1)c1cc(Cl)c[nH]1. The molecule has 0 unspecified atom stereocenters. The van der Waals surface area contributed by atoms with Crippen molar-refractivity contribution in [3.8, 4) is 0 Å². The fraction of sp³-hybridized carbons (Fsp3) is 0.444. The number of carbonyl (C=O) groups excluding carboxylic acids is 1. The normalized spacial score (nSPS) is 17.9. The van der Waals surface area contributed by atoms with Gasteiger partial charge in [-0.15, -0.1) is 0 Å². The van der Waals surface area contributed by atoms with E-state index in [0.717, 1.165) is 12.8 Å². The molecule has 0 saturated heterocycles. The second-order valence-corrected chi connectivity index (χ2v) is 4.06. The van der Waals surface area contributed by atoms with Crippen molar-refractivity contribution in [3.05, 3.63) is 23.0 Å². The number of nitrogens with one attached hydrogen (secondary N) is 2. The van der Waals surface area contributed by atoms with Crippen LogP contribution in [0.4, 0.5) is 0 Å². The summed E-state index contributed by atoms with van der Waals surface area (Å²) in [6.07, 6.45) is 3.22. The van der Waals surface area contributed by atoms with E-state index in [4.69, 9.17) is 16.7 Å². The molecular formula is C9H11ClN2O2. The van der Waals surface area contributed by atoms with Crippen LogP contribution in [0.15, 0.2) is 12.3 Å². The Morgan fingerprint density at radius 1 is 1.71 bits per heavy atom. The standard InChI is InChI=1S/C9H11ClN2O2/c10-6-3-7(11-4-6)8(14)12-9(5-13)1-2-9/h3-4,11,13H,1-2,5H2,(H,12,14). The number of carbonyl (C=O) groups is 1. The summed E-state index contributed by atoms with van der Waals surface area (Å²) in [5, 5.41) is 12.3. The van der Waals surface area contributed by atoms with Crippen molar-refractivity contribution >= 4 is 17.5 Å². The topological polar surface area (TPSA) is 65.1 Å². The summed E-state index contributed by atoms with van der Waals surface area (Å²) in [6.45, 7) is -0.00677. The number of aromatic nitrogens is 1. The highest BCUT2D eigenvalue weighted by molar-refractivity contribution is 6.30. The van der Waals surface area contributed by atoms with Crippen molar-refractivity contribution in [2.45, 2.75) is 18.4 Å². The van der Waals surface area contributed by atoms with E-state index in [0.29, 0.717) is 10.7 Å². The molecule has 1 saturated carbocycles. The van der Waals surface area contributed by atoms with Gasteiger partial charge in [0.05, 0.1) is 17.2 Å². The molecule has 1 fully saturated rings. The highest BCUT2D eigenvalue weighted by atomic mass is 35.5. The third-order valence-electron chi connectivity index (χ3n) is 2.43. The Hall–Kier alpha value is -1.00. The Morgan fingerprint density at radius 3 is 2.86 bits per heavy atom. The zero-order valence-corrected chi connectivity index (χ0v) is 8.27. The van der Waals surface area contributed by atoms with Gasteiger partial charge < -0.3 is 15.4 Å². The van der Waals surface area contributed by atoms with Gasteiger partial charge >= 0.3 is 0 Å². The Kier molecular flexibility index (Phi) is 2.25. The minimum absolute atomic E-state index is 0.00677. The number of rotatable bonds is 3. The van der Waals surface area contributed by atoms with E-state index >= 15 is 0 Å². The maximum atomic E-state index is 11.6. The third kappa shape index (κ3) is 1.76. The predicted octanol–water partition coefficient (Wildman–Crippen LogP) is 0.923. The molecule has 1 aromatic rings. The molecule has 0 spiro atoms. The lowest BCUT2D eigenvalue weighted by Crippen LogP contribution is -2.39. The summed E-state index contributed by atoms with van der Waals surface area (Å²) in [4.78, 5) is 14.3. The van der Waals surface area contributed by atoms with Crippen LogP contribution in [0.3, 0.4) is 0 Å². The van der Waals surface area contributed by atoms with E-state index in [2.05, 4.69) is 10.3 Å². The minimum Gasteiger partial charge on any atom is -0.394 e. The van der Waals surface area contributed by atoms with Crippen molar-refractivity contribution in [1.29, 1.82) is 0 Å². The van der Waals surface area contributed by atoms with Gasteiger partial charge in [-0.2, -0.15) is 0 Å². The largest absolute Gasteiger partial charge is 0.394 e. The van der Waals surface area contributed by atoms with Crippen LogP contribution < -0.4 is 5.32 Å². The van der Waals surface area contributed by atoms with Crippen LogP contribution in [0.2, 0.25) is 5.02 Å². The minimum atomic E-state index is -0.380. The van der Waals surface area contributed by atoms with Crippen molar-refractivity contribution < 1.29 is 9.90 Å². The summed E-state index contributed by atoms with van der Waals surface area (Å²) in [6, 6.07) is 1.56. The second kappa shape index (κ2) is 3.29. The Bertz CT molecular complexity index is 357. The van der Waals surface area contributed by atoms with Gasteiger partial charge in [0.2, 0.25) is 0 Å². The number of aromatic amines is 1. The molecule has 0 radical (unpaired) electrons. The fourth-order valence-electron chi connectivity index (χ4n) is 1.28. The number of hydrogen-bond acceptors (Lipinski definition) is 2. The quantitative estimate of drug-likeness (QED) is 0.701. The molecule has 14 heavy (non-hydrogen) atoms. The van der Waals surface area contributed by atoms with Gasteiger partial charge in [0.1, 0.15) is 5.69 Å². The van der Waals surface area contributed by atoms with Crippen molar-refractivity contribution in [1.82, 2.24) is 10.3 Å². The van der Waals surface area contributed by atoms with Crippen LogP contribution in [0.25, 0.3) is 0 Å². The Balaban J connectivity index is 2.03. The molecule has 1 aliphatic rings. The van der Waals surface area contributed by atoms with E-state index < -0.39 is 0 Å². The van der Waals surface area contributed by atoms with Crippen molar-refractivity contribution in [2.75, 3.05) is 6.61 Å².